The number of halogens is 1. The number of anilines is 1. The average Bonchev–Trinajstić information content (AvgIpc) is 2.83. The molecule has 0 saturated carbocycles. The molecule has 0 amide bonds. The molecule has 4 N–H and O–H groups in total. The van der Waals surface area contributed by atoms with E-state index in [1.165, 1.54) is 6.92 Å². The second-order valence-corrected chi connectivity index (χ2v) is 9.81. The zero-order chi connectivity index (χ0) is 25.2. The number of rotatable bonds is 6. The van der Waals surface area contributed by atoms with Gasteiger partial charge in [-0.2, -0.15) is 10.2 Å². The maximum absolute atomic E-state index is 10.3. The number of nitrogens with zero attached hydrogens (tertiary/aromatic N) is 3. The van der Waals surface area contributed by atoms with Gasteiger partial charge in [-0.1, -0.05) is 24.3 Å². The van der Waals surface area contributed by atoms with E-state index in [4.69, 9.17) is 4.74 Å². The summed E-state index contributed by atoms with van der Waals surface area (Å²) in [6.07, 6.45) is 2.44. The van der Waals surface area contributed by atoms with Crippen LogP contribution in [-0.2, 0) is 5.79 Å². The largest absolute Gasteiger partial charge is 0.437 e. The number of nitriles is 1. The molecular formula is C26H28BrN5O3. The first-order valence-corrected chi connectivity index (χ1v) is 12.2. The second-order valence-electron chi connectivity index (χ2n) is 8.96. The zero-order valence-corrected chi connectivity index (χ0v) is 21.4. The van der Waals surface area contributed by atoms with E-state index in [-0.39, 0.29) is 12.0 Å². The highest BCUT2D eigenvalue weighted by Crippen LogP contribution is 2.35. The third-order valence-corrected chi connectivity index (χ3v) is 6.71. The van der Waals surface area contributed by atoms with E-state index < -0.39 is 5.79 Å². The molecule has 0 bridgehead atoms. The number of nitrogens with one attached hydrogen (secondary N) is 2. The Morgan fingerprint density at radius 2 is 1.94 bits per heavy atom. The van der Waals surface area contributed by atoms with Gasteiger partial charge in [0.25, 0.3) is 0 Å². The number of aliphatic hydroxyl groups is 2. The lowest BCUT2D eigenvalue weighted by molar-refractivity contribution is -0.153. The molecule has 35 heavy (non-hydrogen) atoms. The van der Waals surface area contributed by atoms with Crippen molar-refractivity contribution in [1.82, 2.24) is 15.3 Å². The molecule has 0 aliphatic carbocycles. The lowest BCUT2D eigenvalue weighted by Gasteiger charge is -2.35. The Hall–Kier alpha value is -3.03. The molecule has 1 fully saturated rings. The molecule has 2 aromatic carbocycles. The van der Waals surface area contributed by atoms with Crippen LogP contribution in [0.15, 0.2) is 47.1 Å². The molecule has 182 valence electrons. The van der Waals surface area contributed by atoms with Crippen LogP contribution in [0.4, 0.5) is 5.95 Å². The predicted molar refractivity (Wildman–Crippen MR) is 136 cm³/mol. The highest BCUT2D eigenvalue weighted by atomic mass is 79.9. The summed E-state index contributed by atoms with van der Waals surface area (Å²) in [6.45, 7) is 6.65. The fourth-order valence-electron chi connectivity index (χ4n) is 4.54. The Bertz CT molecular complexity index is 1250. The Labute approximate surface area is 213 Å². The van der Waals surface area contributed by atoms with Crippen LogP contribution in [0.1, 0.15) is 47.1 Å². The van der Waals surface area contributed by atoms with Crippen molar-refractivity contribution in [3.63, 3.8) is 0 Å². The third kappa shape index (κ3) is 5.63. The number of piperidine rings is 1. The van der Waals surface area contributed by atoms with Crippen molar-refractivity contribution in [3.05, 3.63) is 74.9 Å². The van der Waals surface area contributed by atoms with E-state index in [0.29, 0.717) is 39.7 Å². The van der Waals surface area contributed by atoms with Crippen LogP contribution in [0.3, 0.4) is 0 Å². The van der Waals surface area contributed by atoms with Crippen LogP contribution in [0.2, 0.25) is 0 Å². The summed E-state index contributed by atoms with van der Waals surface area (Å²) in [5.41, 5.74) is 3.60. The SMILES string of the molecule is Cc1cc(C#N)cc(C)c1Oc1nc(NC2CCNCC2c2ccccc2C(C)(O)O)ncc1Br. The normalized spacial score (nSPS) is 18.1. The lowest BCUT2D eigenvalue weighted by atomic mass is 9.82. The summed E-state index contributed by atoms with van der Waals surface area (Å²) in [5.74, 6) is -0.545. The molecule has 2 heterocycles. The molecule has 2 unspecified atom stereocenters. The van der Waals surface area contributed by atoms with Crippen molar-refractivity contribution < 1.29 is 14.9 Å². The van der Waals surface area contributed by atoms with Gasteiger partial charge in [-0.05, 0) is 78.5 Å². The Morgan fingerprint density at radius 1 is 1.23 bits per heavy atom. The van der Waals surface area contributed by atoms with Gasteiger partial charge in [-0.25, -0.2) is 4.98 Å². The van der Waals surface area contributed by atoms with Crippen molar-refractivity contribution >= 4 is 21.9 Å². The van der Waals surface area contributed by atoms with Crippen LogP contribution >= 0.6 is 15.9 Å². The molecular weight excluding hydrogens is 510 g/mol. The quantitative estimate of drug-likeness (QED) is 0.344. The maximum Gasteiger partial charge on any atom is 0.238 e. The second kappa shape index (κ2) is 10.3. The van der Waals surface area contributed by atoms with E-state index in [1.54, 1.807) is 30.5 Å². The molecule has 1 saturated heterocycles. The van der Waals surface area contributed by atoms with Gasteiger partial charge in [0.15, 0.2) is 5.79 Å². The van der Waals surface area contributed by atoms with Gasteiger partial charge < -0.3 is 25.6 Å². The van der Waals surface area contributed by atoms with Gasteiger partial charge in [0.2, 0.25) is 11.8 Å². The van der Waals surface area contributed by atoms with Crippen molar-refractivity contribution in [3.8, 4) is 17.7 Å². The van der Waals surface area contributed by atoms with Crippen LogP contribution in [-0.4, -0.2) is 39.3 Å². The van der Waals surface area contributed by atoms with Gasteiger partial charge in [0.1, 0.15) is 5.75 Å². The van der Waals surface area contributed by atoms with E-state index in [1.807, 2.05) is 26.0 Å². The summed E-state index contributed by atoms with van der Waals surface area (Å²) in [4.78, 5) is 9.05. The van der Waals surface area contributed by atoms with Gasteiger partial charge in [0.05, 0.1) is 22.3 Å². The summed E-state index contributed by atoms with van der Waals surface area (Å²) >= 11 is 3.47. The summed E-state index contributed by atoms with van der Waals surface area (Å²) < 4.78 is 6.76. The predicted octanol–water partition coefficient (Wildman–Crippen LogP) is 4.23. The van der Waals surface area contributed by atoms with E-state index in [0.717, 1.165) is 29.7 Å². The molecule has 0 radical (unpaired) electrons. The van der Waals surface area contributed by atoms with Gasteiger partial charge >= 0.3 is 0 Å². The molecule has 0 spiro atoms. The van der Waals surface area contributed by atoms with Gasteiger partial charge in [-0.3, -0.25) is 0 Å². The summed E-state index contributed by atoms with van der Waals surface area (Å²) in [5, 5.41) is 36.7. The smallest absolute Gasteiger partial charge is 0.238 e. The number of hydrogen-bond donors (Lipinski definition) is 4. The van der Waals surface area contributed by atoms with Gasteiger partial charge in [0, 0.05) is 24.1 Å². The third-order valence-electron chi connectivity index (χ3n) is 6.17. The minimum Gasteiger partial charge on any atom is -0.437 e. The number of aromatic nitrogens is 2. The Balaban J connectivity index is 1.61. The first kappa shape index (κ1) is 25.1. The highest BCUT2D eigenvalue weighted by Gasteiger charge is 2.32. The Kier molecular flexibility index (Phi) is 7.38. The first-order chi connectivity index (χ1) is 16.7. The molecule has 2 atom stereocenters. The number of hydrogen-bond acceptors (Lipinski definition) is 8. The molecule has 1 aromatic heterocycles. The van der Waals surface area contributed by atoms with Crippen molar-refractivity contribution in [2.75, 3.05) is 18.4 Å². The minimum absolute atomic E-state index is 0.0294. The topological polar surface area (TPSA) is 123 Å². The molecule has 1 aliphatic heterocycles. The standard InChI is InChI=1S/C26H28BrN5O3/c1-15-10-17(12-28)11-16(2)23(15)35-24-21(27)14-30-25(32-24)31-22-8-9-29-13-19(22)18-6-4-5-7-20(18)26(3,33)34/h4-7,10-11,14,19,22,29,33-34H,8-9,13H2,1-3H3,(H,30,31,32). The van der Waals surface area contributed by atoms with E-state index in [2.05, 4.69) is 42.6 Å². The molecule has 1 aliphatic rings. The maximum atomic E-state index is 10.3. The van der Waals surface area contributed by atoms with Crippen molar-refractivity contribution in [2.24, 2.45) is 0 Å². The van der Waals surface area contributed by atoms with Crippen molar-refractivity contribution in [1.29, 1.82) is 5.26 Å². The van der Waals surface area contributed by atoms with Crippen LogP contribution in [0.25, 0.3) is 0 Å². The molecule has 8 nitrogen and oxygen atoms in total. The average molecular weight is 538 g/mol. The highest BCUT2D eigenvalue weighted by molar-refractivity contribution is 9.10. The minimum atomic E-state index is -1.94. The molecule has 4 rings (SSSR count). The first-order valence-electron chi connectivity index (χ1n) is 11.4. The van der Waals surface area contributed by atoms with Crippen molar-refractivity contribution in [2.45, 2.75) is 44.9 Å². The Morgan fingerprint density at radius 3 is 2.63 bits per heavy atom. The zero-order valence-electron chi connectivity index (χ0n) is 19.8. The lowest BCUT2D eigenvalue weighted by Crippen LogP contribution is -2.43. The fraction of sp³-hybridized carbons (Fsp3) is 0.346. The van der Waals surface area contributed by atoms with Gasteiger partial charge in [-0.15, -0.1) is 0 Å². The summed E-state index contributed by atoms with van der Waals surface area (Å²) in [6, 6.07) is 13.1. The molecule has 3 aromatic rings. The monoisotopic (exact) mass is 537 g/mol. The fourth-order valence-corrected chi connectivity index (χ4v) is 4.81. The number of aryl methyl sites for hydroxylation is 2. The van der Waals surface area contributed by atoms with Crippen LogP contribution in [0, 0.1) is 25.2 Å². The molecule has 9 heteroatoms. The number of benzene rings is 2. The van der Waals surface area contributed by atoms with Crippen LogP contribution < -0.4 is 15.4 Å². The van der Waals surface area contributed by atoms with E-state index in [9.17, 15) is 15.5 Å². The van der Waals surface area contributed by atoms with E-state index >= 15 is 0 Å². The van der Waals surface area contributed by atoms with Crippen LogP contribution in [0.5, 0.6) is 11.6 Å². The number of ether oxygens (including phenoxy) is 1. The summed E-state index contributed by atoms with van der Waals surface area (Å²) in [7, 11) is 0.